The minimum Gasteiger partial charge on any atom is -0.338 e. The van der Waals surface area contributed by atoms with Crippen LogP contribution in [-0.4, -0.2) is 43.7 Å². The van der Waals surface area contributed by atoms with Crippen molar-refractivity contribution in [2.45, 2.75) is 24.3 Å². The highest BCUT2D eigenvalue weighted by Gasteiger charge is 2.18. The Bertz CT molecular complexity index is 780. The Morgan fingerprint density at radius 1 is 1.16 bits per heavy atom. The van der Waals surface area contributed by atoms with Gasteiger partial charge in [0.2, 0.25) is 0 Å². The van der Waals surface area contributed by atoms with E-state index >= 15 is 0 Å². The van der Waals surface area contributed by atoms with Crippen molar-refractivity contribution in [1.82, 2.24) is 15.2 Å². The van der Waals surface area contributed by atoms with Crippen molar-refractivity contribution >= 4 is 15.9 Å². The molecule has 1 aromatic heterocycles. The predicted molar refractivity (Wildman–Crippen MR) is 96.9 cm³/mol. The molecule has 1 aromatic carbocycles. The second-order valence-corrected chi connectivity index (χ2v) is 7.87. The maximum absolute atomic E-state index is 12.2. The number of carbonyl (C=O) groups is 1. The van der Waals surface area contributed by atoms with Crippen LogP contribution in [0.3, 0.4) is 0 Å². The van der Waals surface area contributed by atoms with E-state index in [1.54, 1.807) is 48.5 Å². The summed E-state index contributed by atoms with van der Waals surface area (Å²) in [5.74, 6) is -0.00317. The van der Waals surface area contributed by atoms with Crippen LogP contribution in [-0.2, 0) is 9.84 Å². The van der Waals surface area contributed by atoms with Gasteiger partial charge in [0.15, 0.2) is 9.84 Å². The minimum atomic E-state index is -3.31. The van der Waals surface area contributed by atoms with Crippen LogP contribution in [0.25, 0.3) is 0 Å². The lowest BCUT2D eigenvalue weighted by Crippen LogP contribution is -2.39. The quantitative estimate of drug-likeness (QED) is 0.769. The van der Waals surface area contributed by atoms with Crippen molar-refractivity contribution in [2.24, 2.45) is 0 Å². The zero-order valence-corrected chi connectivity index (χ0v) is 15.2. The standard InChI is InChI=1S/C18H23N3O3S/c1-15(17-11-6-7-12-19-17)21(2)18(22)20-13-8-14-25(23,24)16-9-4-3-5-10-16/h3-7,9-12,15H,8,13-14H2,1-2H3,(H,20,22). The molecule has 0 bridgehead atoms. The molecular weight excluding hydrogens is 338 g/mol. The molecule has 25 heavy (non-hydrogen) atoms. The molecule has 0 saturated carbocycles. The van der Waals surface area contributed by atoms with Gasteiger partial charge in [-0.1, -0.05) is 24.3 Å². The van der Waals surface area contributed by atoms with Crippen molar-refractivity contribution in [2.75, 3.05) is 19.3 Å². The van der Waals surface area contributed by atoms with Gasteiger partial charge >= 0.3 is 6.03 Å². The summed E-state index contributed by atoms with van der Waals surface area (Å²) in [5.41, 5.74) is 0.798. The largest absolute Gasteiger partial charge is 0.338 e. The van der Waals surface area contributed by atoms with E-state index in [9.17, 15) is 13.2 Å². The fourth-order valence-corrected chi connectivity index (χ4v) is 3.66. The van der Waals surface area contributed by atoms with Crippen molar-refractivity contribution in [3.63, 3.8) is 0 Å². The number of nitrogens with one attached hydrogen (secondary N) is 1. The lowest BCUT2D eigenvalue weighted by molar-refractivity contribution is 0.193. The average molecular weight is 361 g/mol. The molecule has 0 aliphatic rings. The molecule has 2 amide bonds. The number of pyridine rings is 1. The molecule has 2 aromatic rings. The maximum Gasteiger partial charge on any atom is 0.317 e. The first-order chi connectivity index (χ1) is 11.9. The molecule has 0 radical (unpaired) electrons. The fourth-order valence-electron chi connectivity index (χ4n) is 2.33. The van der Waals surface area contributed by atoms with E-state index in [-0.39, 0.29) is 17.8 Å². The SMILES string of the molecule is CC(c1ccccn1)N(C)C(=O)NCCCS(=O)(=O)c1ccccc1. The summed E-state index contributed by atoms with van der Waals surface area (Å²) in [7, 11) is -1.62. The minimum absolute atomic E-state index is 0.00317. The molecule has 1 heterocycles. The van der Waals surface area contributed by atoms with Gasteiger partial charge in [-0.3, -0.25) is 4.98 Å². The highest BCUT2D eigenvalue weighted by atomic mass is 32.2. The van der Waals surface area contributed by atoms with E-state index in [4.69, 9.17) is 0 Å². The summed E-state index contributed by atoms with van der Waals surface area (Å²) in [4.78, 5) is 18.3. The van der Waals surface area contributed by atoms with Crippen LogP contribution in [0, 0.1) is 0 Å². The number of nitrogens with zero attached hydrogens (tertiary/aromatic N) is 2. The Labute approximate surface area is 148 Å². The van der Waals surface area contributed by atoms with E-state index in [1.807, 2.05) is 25.1 Å². The van der Waals surface area contributed by atoms with Crippen LogP contribution < -0.4 is 5.32 Å². The summed E-state index contributed by atoms with van der Waals surface area (Å²) in [5, 5.41) is 2.75. The van der Waals surface area contributed by atoms with E-state index in [0.717, 1.165) is 5.69 Å². The van der Waals surface area contributed by atoms with E-state index in [0.29, 0.717) is 17.9 Å². The molecule has 1 unspecified atom stereocenters. The van der Waals surface area contributed by atoms with Crippen LogP contribution in [0.4, 0.5) is 4.79 Å². The first kappa shape index (κ1) is 18.9. The lowest BCUT2D eigenvalue weighted by atomic mass is 10.2. The number of hydrogen-bond acceptors (Lipinski definition) is 4. The molecule has 0 saturated heterocycles. The molecule has 134 valence electrons. The summed E-state index contributed by atoms with van der Waals surface area (Å²) < 4.78 is 24.3. The molecule has 6 nitrogen and oxygen atoms in total. The van der Waals surface area contributed by atoms with Gasteiger partial charge in [0, 0.05) is 19.8 Å². The van der Waals surface area contributed by atoms with E-state index < -0.39 is 9.84 Å². The molecule has 0 spiro atoms. The second kappa shape index (κ2) is 8.62. The third-order valence-corrected chi connectivity index (χ3v) is 5.80. The van der Waals surface area contributed by atoms with Gasteiger partial charge < -0.3 is 10.2 Å². The van der Waals surface area contributed by atoms with Gasteiger partial charge in [0.1, 0.15) is 0 Å². The van der Waals surface area contributed by atoms with E-state index in [2.05, 4.69) is 10.3 Å². The third-order valence-electron chi connectivity index (χ3n) is 3.99. The lowest BCUT2D eigenvalue weighted by Gasteiger charge is -2.24. The predicted octanol–water partition coefficient (Wildman–Crippen LogP) is 2.65. The smallest absolute Gasteiger partial charge is 0.317 e. The summed E-state index contributed by atoms with van der Waals surface area (Å²) >= 11 is 0. The number of benzene rings is 1. The summed E-state index contributed by atoms with van der Waals surface area (Å²) in [6, 6.07) is 13.5. The first-order valence-corrected chi connectivity index (χ1v) is 9.76. The molecule has 1 N–H and O–H groups in total. The third kappa shape index (κ3) is 5.29. The van der Waals surface area contributed by atoms with Gasteiger partial charge in [0.25, 0.3) is 0 Å². The fraction of sp³-hybridized carbons (Fsp3) is 0.333. The van der Waals surface area contributed by atoms with Gasteiger partial charge in [-0.25, -0.2) is 13.2 Å². The molecular formula is C18H23N3O3S. The van der Waals surface area contributed by atoms with Crippen LogP contribution in [0.5, 0.6) is 0 Å². The summed E-state index contributed by atoms with van der Waals surface area (Å²) in [6.07, 6.45) is 2.04. The van der Waals surface area contributed by atoms with Gasteiger partial charge in [0.05, 0.1) is 22.4 Å². The van der Waals surface area contributed by atoms with Crippen LogP contribution in [0.15, 0.2) is 59.6 Å². The number of amides is 2. The highest BCUT2D eigenvalue weighted by Crippen LogP contribution is 2.15. The molecule has 2 rings (SSSR count). The zero-order chi connectivity index (χ0) is 18.3. The number of carbonyl (C=O) groups excluding carboxylic acids is 1. The number of aromatic nitrogens is 1. The molecule has 1 atom stereocenters. The van der Waals surface area contributed by atoms with Crippen LogP contribution in [0.2, 0.25) is 0 Å². The monoisotopic (exact) mass is 361 g/mol. The Morgan fingerprint density at radius 3 is 2.48 bits per heavy atom. The van der Waals surface area contributed by atoms with Gasteiger partial charge in [-0.2, -0.15) is 0 Å². The number of rotatable bonds is 7. The van der Waals surface area contributed by atoms with Crippen molar-refractivity contribution < 1.29 is 13.2 Å². The molecule has 0 aliphatic heterocycles. The van der Waals surface area contributed by atoms with Crippen LogP contribution in [0.1, 0.15) is 25.1 Å². The van der Waals surface area contributed by atoms with E-state index in [1.165, 1.54) is 0 Å². The van der Waals surface area contributed by atoms with Gasteiger partial charge in [-0.05, 0) is 37.6 Å². The van der Waals surface area contributed by atoms with Crippen LogP contribution >= 0.6 is 0 Å². The summed E-state index contributed by atoms with van der Waals surface area (Å²) in [6.45, 7) is 2.19. The molecule has 0 aliphatic carbocycles. The first-order valence-electron chi connectivity index (χ1n) is 8.11. The van der Waals surface area contributed by atoms with Crippen molar-refractivity contribution in [3.05, 3.63) is 60.4 Å². The molecule has 7 heteroatoms. The Morgan fingerprint density at radius 2 is 1.84 bits per heavy atom. The normalized spacial score (nSPS) is 12.4. The number of hydrogen-bond donors (Lipinski definition) is 1. The highest BCUT2D eigenvalue weighted by molar-refractivity contribution is 7.91. The Balaban J connectivity index is 1.80. The van der Waals surface area contributed by atoms with Crippen molar-refractivity contribution in [1.29, 1.82) is 0 Å². The van der Waals surface area contributed by atoms with Gasteiger partial charge in [-0.15, -0.1) is 0 Å². The topological polar surface area (TPSA) is 79.4 Å². The number of sulfone groups is 1. The average Bonchev–Trinajstić information content (AvgIpc) is 2.65. The Hall–Kier alpha value is -2.41. The zero-order valence-electron chi connectivity index (χ0n) is 14.4. The Kier molecular flexibility index (Phi) is 6.52. The van der Waals surface area contributed by atoms with Crippen molar-refractivity contribution in [3.8, 4) is 0 Å². The molecule has 0 fully saturated rings. The maximum atomic E-state index is 12.2. The second-order valence-electron chi connectivity index (χ2n) is 5.76. The number of urea groups is 1.